The van der Waals surface area contributed by atoms with Gasteiger partial charge in [-0.1, -0.05) is 0 Å². The molecule has 0 bridgehead atoms. The van der Waals surface area contributed by atoms with Crippen molar-refractivity contribution in [2.75, 3.05) is 0 Å². The van der Waals surface area contributed by atoms with Crippen LogP contribution >= 0.6 is 16.0 Å². The first-order valence-electron chi connectivity index (χ1n) is 1.67. The molecule has 0 aromatic carbocycles. The van der Waals surface area contributed by atoms with Crippen LogP contribution in [0.3, 0.4) is 0 Å². The van der Waals surface area contributed by atoms with Gasteiger partial charge in [0.2, 0.25) is 0 Å². The second-order valence-electron chi connectivity index (χ2n) is 1.02. The molecule has 14 heavy (non-hydrogen) atoms. The minimum absolute atomic E-state index is 0. The van der Waals surface area contributed by atoms with E-state index in [4.69, 9.17) is 0 Å². The van der Waals surface area contributed by atoms with Crippen molar-refractivity contribution in [2.24, 2.45) is 0 Å². The molecule has 2 N–H and O–H groups in total. The van der Waals surface area contributed by atoms with Crippen LogP contribution in [0.15, 0.2) is 0 Å². The molecule has 0 atom stereocenters. The standard InChI is InChI=1S/Ba.H2O6S4Te.2H2O/c;1-9(2,3)7-11-8-10(4,5)6;;/h;(H,1,2,3)(H,4,5,6);2*1H2/q+2;;;/p-4. The Morgan fingerprint density at radius 3 is 1.21 bits per heavy atom. The molecule has 0 aromatic rings. The first-order valence-corrected chi connectivity index (χ1v) is 12.7. The van der Waals surface area contributed by atoms with E-state index in [9.17, 15) is 25.9 Å². The summed E-state index contributed by atoms with van der Waals surface area (Å²) in [5.41, 5.74) is 0. The average molecular weight is 523 g/mol. The Balaban J connectivity index is -0.000000167. The van der Waals surface area contributed by atoms with E-state index in [1.54, 1.807) is 0 Å². The van der Waals surface area contributed by atoms with Gasteiger partial charge >= 0.3 is 127 Å². The molecule has 0 saturated carbocycles. The zero-order valence-corrected chi connectivity index (χ0v) is 16.1. The minimum Gasteiger partial charge on any atom is -0.870 e. The van der Waals surface area contributed by atoms with Crippen molar-refractivity contribution < 1.29 is 36.9 Å². The van der Waals surface area contributed by atoms with Gasteiger partial charge in [0, 0.05) is 0 Å². The van der Waals surface area contributed by atoms with Crippen LogP contribution in [0.1, 0.15) is 0 Å². The first-order chi connectivity index (χ1) is 4.71. The Kier molecular flexibility index (Phi) is 20.0. The van der Waals surface area contributed by atoms with Crippen molar-refractivity contribution in [3.8, 4) is 0 Å². The van der Waals surface area contributed by atoms with Gasteiger partial charge in [-0.3, -0.25) is 0 Å². The Morgan fingerprint density at radius 2 is 1.07 bits per heavy atom. The number of rotatable bonds is 4. The summed E-state index contributed by atoms with van der Waals surface area (Å²) < 4.78 is 59.1. The molecule has 0 aliphatic rings. The van der Waals surface area contributed by atoms with Crippen LogP contribution in [0.4, 0.5) is 0 Å². The molecule has 0 heterocycles. The summed E-state index contributed by atoms with van der Waals surface area (Å²) in [6.45, 7) is 0. The fourth-order valence-electron chi connectivity index (χ4n) is 0.0794. The van der Waals surface area contributed by atoms with Gasteiger partial charge in [0.05, 0.1) is 0 Å². The zero-order chi connectivity index (χ0) is 9.12. The van der Waals surface area contributed by atoms with Gasteiger partial charge in [0.15, 0.2) is 0 Å². The molecule has 0 aliphatic carbocycles. The van der Waals surface area contributed by atoms with Gasteiger partial charge in [-0.05, 0) is 0 Å². The maximum Gasteiger partial charge on any atom is 2.00 e. The van der Waals surface area contributed by atoms with Crippen LogP contribution in [0.2, 0.25) is 0 Å². The van der Waals surface area contributed by atoms with Crippen molar-refractivity contribution >= 4 is 101 Å². The monoisotopic (exact) mass is 526 g/mol. The first kappa shape index (κ1) is 25.6. The molecule has 0 spiro atoms. The summed E-state index contributed by atoms with van der Waals surface area (Å²) in [6.07, 6.45) is 0. The van der Waals surface area contributed by atoms with E-state index in [0.717, 1.165) is 0 Å². The second-order valence-corrected chi connectivity index (χ2v) is 17.2. The Labute approximate surface area is 135 Å². The van der Waals surface area contributed by atoms with Gasteiger partial charge < -0.3 is 11.0 Å². The van der Waals surface area contributed by atoms with Crippen molar-refractivity contribution in [1.82, 2.24) is 0 Å². The SMILES string of the molecule is O=S(=O)([O-])S[Te]SS(=O)(=O)[O-].[Ba+2].[OH-].[OH-]. The van der Waals surface area contributed by atoms with Gasteiger partial charge in [0.25, 0.3) is 0 Å². The zero-order valence-electron chi connectivity index (χ0n) is 6.09. The molecular weight excluding hydrogens is 521 g/mol. The van der Waals surface area contributed by atoms with E-state index >= 15 is 0 Å². The third-order valence-electron chi connectivity index (χ3n) is 0.222. The summed E-state index contributed by atoms with van der Waals surface area (Å²) in [4.78, 5) is 0. The van der Waals surface area contributed by atoms with Gasteiger partial charge in [-0.25, -0.2) is 0 Å². The molecule has 14 heteroatoms. The number of hydrogen-bond donors (Lipinski definition) is 0. The fourth-order valence-corrected chi connectivity index (χ4v) is 18.5. The van der Waals surface area contributed by atoms with Crippen molar-refractivity contribution in [1.29, 1.82) is 0 Å². The largest absolute Gasteiger partial charge is 2.00 e. The van der Waals surface area contributed by atoms with Gasteiger partial charge in [-0.15, -0.1) is 0 Å². The van der Waals surface area contributed by atoms with Crippen molar-refractivity contribution in [2.45, 2.75) is 0 Å². The Hall–Kier alpha value is 2.80. The van der Waals surface area contributed by atoms with E-state index in [2.05, 4.69) is 0 Å². The van der Waals surface area contributed by atoms with Crippen molar-refractivity contribution in [3.05, 3.63) is 0 Å². The van der Waals surface area contributed by atoms with Crippen molar-refractivity contribution in [3.63, 3.8) is 0 Å². The molecule has 0 amide bonds. The van der Waals surface area contributed by atoms with E-state index in [-0.39, 0.29) is 75.9 Å². The smallest absolute Gasteiger partial charge is 0.870 e. The predicted molar refractivity (Wildman–Crippen MR) is 50.0 cm³/mol. The van der Waals surface area contributed by atoms with Crippen LogP contribution in [0.5, 0.6) is 0 Å². The maximum atomic E-state index is 9.85. The summed E-state index contributed by atoms with van der Waals surface area (Å²) >= 11 is -1.69. The quantitative estimate of drug-likeness (QED) is 0.232. The molecule has 0 unspecified atom stereocenters. The van der Waals surface area contributed by atoms with Crippen LogP contribution in [-0.2, 0) is 18.3 Å². The third-order valence-corrected chi connectivity index (χ3v) is 20.1. The molecule has 0 radical (unpaired) electrons. The summed E-state index contributed by atoms with van der Waals surface area (Å²) in [5, 5.41) is 0. The molecule has 0 fully saturated rings. The average Bonchev–Trinajstić information content (AvgIpc) is 1.55. The summed E-state index contributed by atoms with van der Waals surface area (Å²) in [5.74, 6) is 0. The van der Waals surface area contributed by atoms with E-state index < -0.39 is 36.5 Å². The van der Waals surface area contributed by atoms with Gasteiger partial charge in [-0.2, -0.15) is 0 Å². The predicted octanol–water partition coefficient (Wildman–Crippen LogP) is -1.83. The summed E-state index contributed by atoms with van der Waals surface area (Å²) in [6, 6.07) is 0. The topological polar surface area (TPSA) is 174 Å². The van der Waals surface area contributed by atoms with Crippen LogP contribution in [-0.4, -0.2) is 104 Å². The fraction of sp³-hybridized carbons (Fsp3) is 0. The molecule has 84 valence electrons. The molecule has 0 saturated heterocycles. The number of hydrogen-bond acceptors (Lipinski definition) is 10. The normalized spacial score (nSPS) is 10.4. The third kappa shape index (κ3) is 24.2. The van der Waals surface area contributed by atoms with Crippen LogP contribution < -0.4 is 0 Å². The summed E-state index contributed by atoms with van der Waals surface area (Å²) in [7, 11) is -8.91. The van der Waals surface area contributed by atoms with Crippen LogP contribution in [0, 0.1) is 0 Å². The minimum atomic E-state index is -4.45. The van der Waals surface area contributed by atoms with Gasteiger partial charge in [0.1, 0.15) is 0 Å². The molecular formula is H2BaO8S4Te-2. The Morgan fingerprint density at radius 1 is 0.857 bits per heavy atom. The Bertz CT molecular complexity index is 270. The van der Waals surface area contributed by atoms with E-state index in [1.165, 1.54) is 0 Å². The van der Waals surface area contributed by atoms with Crippen LogP contribution in [0.25, 0.3) is 0 Å². The molecule has 8 nitrogen and oxygen atoms in total. The molecule has 0 aromatic heterocycles. The molecule has 0 rings (SSSR count). The second kappa shape index (κ2) is 10.9. The molecule has 0 aliphatic heterocycles. The maximum absolute atomic E-state index is 9.85. The van der Waals surface area contributed by atoms with E-state index in [0.29, 0.717) is 0 Å². The van der Waals surface area contributed by atoms with E-state index in [1.807, 2.05) is 0 Å².